The van der Waals surface area contributed by atoms with Gasteiger partial charge in [0.25, 0.3) is 5.91 Å². The molecule has 0 saturated carbocycles. The van der Waals surface area contributed by atoms with Crippen molar-refractivity contribution in [2.24, 2.45) is 0 Å². The molecular weight excluding hydrogens is 389 g/mol. The number of nitrogens with two attached hydrogens (primary N) is 1. The fourth-order valence-corrected chi connectivity index (χ4v) is 2.52. The van der Waals surface area contributed by atoms with Crippen LogP contribution >= 0.6 is 11.6 Å². The zero-order chi connectivity index (χ0) is 20.7. The van der Waals surface area contributed by atoms with Gasteiger partial charge in [0.1, 0.15) is 17.1 Å². The molecule has 7 nitrogen and oxygen atoms in total. The molecule has 0 aromatic heterocycles. The minimum absolute atomic E-state index is 0.0138. The van der Waals surface area contributed by atoms with Crippen LogP contribution in [0.15, 0.2) is 36.4 Å². The van der Waals surface area contributed by atoms with Crippen LogP contribution in [0.2, 0.25) is 5.02 Å². The maximum atomic E-state index is 13.1. The standard InChI is InChI=1S/C19H17ClFN3O4/c1-27-17-10-16(23)15(20)9-14(17)19(26)28-11-18(25)24(8-2-7-22)13-5-3-12(21)4-6-13/h3-6,9-10H,2,8,11,23H2,1H3. The molecule has 0 aliphatic heterocycles. The Hall–Kier alpha value is -3.31. The first-order valence-corrected chi connectivity index (χ1v) is 8.48. The van der Waals surface area contributed by atoms with E-state index in [2.05, 4.69) is 0 Å². The minimum atomic E-state index is -0.827. The average molecular weight is 406 g/mol. The molecule has 0 spiro atoms. The first-order valence-electron chi connectivity index (χ1n) is 8.10. The molecule has 0 atom stereocenters. The normalized spacial score (nSPS) is 10.1. The van der Waals surface area contributed by atoms with Crippen molar-refractivity contribution < 1.29 is 23.5 Å². The molecule has 2 rings (SSSR count). The van der Waals surface area contributed by atoms with Crippen molar-refractivity contribution in [2.75, 3.05) is 30.9 Å². The van der Waals surface area contributed by atoms with Crippen molar-refractivity contribution in [3.05, 3.63) is 52.8 Å². The fourth-order valence-electron chi connectivity index (χ4n) is 2.36. The number of anilines is 2. The van der Waals surface area contributed by atoms with E-state index in [1.165, 1.54) is 48.4 Å². The van der Waals surface area contributed by atoms with Gasteiger partial charge in [-0.05, 0) is 30.3 Å². The second-order valence-corrected chi connectivity index (χ2v) is 5.99. The number of esters is 1. The summed E-state index contributed by atoms with van der Waals surface area (Å²) in [5.74, 6) is -1.71. The number of carbonyl (C=O) groups is 2. The zero-order valence-electron chi connectivity index (χ0n) is 14.9. The second kappa shape index (κ2) is 9.58. The van der Waals surface area contributed by atoms with Crippen molar-refractivity contribution in [1.82, 2.24) is 0 Å². The van der Waals surface area contributed by atoms with Crippen LogP contribution in [0.4, 0.5) is 15.8 Å². The molecule has 1 amide bonds. The number of benzene rings is 2. The molecule has 2 aromatic rings. The molecule has 0 unspecified atom stereocenters. The smallest absolute Gasteiger partial charge is 0.342 e. The largest absolute Gasteiger partial charge is 0.496 e. The molecule has 0 fully saturated rings. The molecule has 0 radical (unpaired) electrons. The predicted molar refractivity (Wildman–Crippen MR) is 102 cm³/mol. The summed E-state index contributed by atoms with van der Waals surface area (Å²) < 4.78 is 23.3. The number of hydrogen-bond acceptors (Lipinski definition) is 6. The summed E-state index contributed by atoms with van der Waals surface area (Å²) in [7, 11) is 1.35. The molecule has 9 heteroatoms. The van der Waals surface area contributed by atoms with Gasteiger partial charge in [0.05, 0.1) is 30.3 Å². The highest BCUT2D eigenvalue weighted by Gasteiger charge is 2.21. The zero-order valence-corrected chi connectivity index (χ0v) is 15.7. The Kier molecular flexibility index (Phi) is 7.18. The summed E-state index contributed by atoms with van der Waals surface area (Å²) in [5.41, 5.74) is 6.29. The molecule has 0 saturated heterocycles. The number of halogens is 2. The van der Waals surface area contributed by atoms with Crippen LogP contribution in [-0.2, 0) is 9.53 Å². The van der Waals surface area contributed by atoms with Gasteiger partial charge in [-0.25, -0.2) is 9.18 Å². The van der Waals surface area contributed by atoms with E-state index in [0.29, 0.717) is 5.69 Å². The number of rotatable bonds is 7. The van der Waals surface area contributed by atoms with Gasteiger partial charge < -0.3 is 20.1 Å². The fraction of sp³-hybridized carbons (Fsp3) is 0.211. The molecule has 2 aromatic carbocycles. The summed E-state index contributed by atoms with van der Waals surface area (Å²) in [6.07, 6.45) is 0.0540. The Morgan fingerprint density at radius 2 is 1.96 bits per heavy atom. The van der Waals surface area contributed by atoms with Gasteiger partial charge >= 0.3 is 5.97 Å². The lowest BCUT2D eigenvalue weighted by Crippen LogP contribution is -2.35. The summed E-state index contributed by atoms with van der Waals surface area (Å²) >= 11 is 5.93. The maximum absolute atomic E-state index is 13.1. The molecule has 2 N–H and O–H groups in total. The number of ether oxygens (including phenoxy) is 2. The van der Waals surface area contributed by atoms with Crippen LogP contribution in [0.25, 0.3) is 0 Å². The minimum Gasteiger partial charge on any atom is -0.496 e. The lowest BCUT2D eigenvalue weighted by atomic mass is 10.2. The van der Waals surface area contributed by atoms with E-state index in [-0.39, 0.29) is 35.0 Å². The van der Waals surface area contributed by atoms with Crippen molar-refractivity contribution in [3.8, 4) is 11.8 Å². The summed E-state index contributed by atoms with van der Waals surface area (Å²) in [6.45, 7) is -0.525. The summed E-state index contributed by atoms with van der Waals surface area (Å²) in [4.78, 5) is 26.1. The highest BCUT2D eigenvalue weighted by atomic mass is 35.5. The number of carbonyl (C=O) groups excluding carboxylic acids is 2. The van der Waals surface area contributed by atoms with E-state index in [1.807, 2.05) is 6.07 Å². The monoisotopic (exact) mass is 405 g/mol. The van der Waals surface area contributed by atoms with Gasteiger partial charge in [-0.1, -0.05) is 11.6 Å². The number of nitriles is 1. The second-order valence-electron chi connectivity index (χ2n) is 5.58. The van der Waals surface area contributed by atoms with Crippen LogP contribution < -0.4 is 15.4 Å². The van der Waals surface area contributed by atoms with Gasteiger partial charge in [0.2, 0.25) is 0 Å². The molecule has 0 aliphatic rings. The number of hydrogen-bond donors (Lipinski definition) is 1. The van der Waals surface area contributed by atoms with Gasteiger partial charge in [-0.2, -0.15) is 5.26 Å². The molecule has 0 aliphatic carbocycles. The van der Waals surface area contributed by atoms with Crippen LogP contribution in [0.5, 0.6) is 5.75 Å². The van der Waals surface area contributed by atoms with Crippen LogP contribution in [-0.4, -0.2) is 32.1 Å². The predicted octanol–water partition coefficient (Wildman–Crippen LogP) is 3.17. The first-order chi connectivity index (χ1) is 13.4. The lowest BCUT2D eigenvalue weighted by molar-refractivity contribution is -0.121. The highest BCUT2D eigenvalue weighted by Crippen LogP contribution is 2.29. The average Bonchev–Trinajstić information content (AvgIpc) is 2.69. The van der Waals surface area contributed by atoms with Gasteiger partial charge in [0, 0.05) is 18.3 Å². The van der Waals surface area contributed by atoms with Crippen LogP contribution in [0, 0.1) is 17.1 Å². The van der Waals surface area contributed by atoms with Crippen molar-refractivity contribution in [1.29, 1.82) is 5.26 Å². The lowest BCUT2D eigenvalue weighted by Gasteiger charge is -2.21. The van der Waals surface area contributed by atoms with E-state index in [1.54, 1.807) is 0 Å². The Bertz CT molecular complexity index is 913. The van der Waals surface area contributed by atoms with E-state index >= 15 is 0 Å². The van der Waals surface area contributed by atoms with Crippen molar-refractivity contribution in [2.45, 2.75) is 6.42 Å². The first kappa shape index (κ1) is 21.0. The Morgan fingerprint density at radius 1 is 1.29 bits per heavy atom. The SMILES string of the molecule is COc1cc(N)c(Cl)cc1C(=O)OCC(=O)N(CCC#N)c1ccc(F)cc1. The quantitative estimate of drug-likeness (QED) is 0.560. The van der Waals surface area contributed by atoms with Crippen molar-refractivity contribution in [3.63, 3.8) is 0 Å². The van der Waals surface area contributed by atoms with Crippen LogP contribution in [0.3, 0.4) is 0 Å². The molecule has 0 heterocycles. The van der Waals surface area contributed by atoms with E-state index in [4.69, 9.17) is 32.1 Å². The number of methoxy groups -OCH3 is 1. The third kappa shape index (κ3) is 5.11. The number of amides is 1. The van der Waals surface area contributed by atoms with Crippen LogP contribution in [0.1, 0.15) is 16.8 Å². The Balaban J connectivity index is 2.13. The third-order valence-corrected chi connectivity index (χ3v) is 4.08. The van der Waals surface area contributed by atoms with Gasteiger partial charge in [0.15, 0.2) is 6.61 Å². The molecule has 0 bridgehead atoms. The van der Waals surface area contributed by atoms with E-state index in [9.17, 15) is 14.0 Å². The van der Waals surface area contributed by atoms with Crippen molar-refractivity contribution >= 4 is 34.9 Å². The number of nitrogen functional groups attached to an aromatic ring is 1. The van der Waals surface area contributed by atoms with Gasteiger partial charge in [-0.3, -0.25) is 4.79 Å². The third-order valence-electron chi connectivity index (χ3n) is 3.75. The summed E-state index contributed by atoms with van der Waals surface area (Å²) in [5, 5.41) is 8.93. The Labute approximate surface area is 166 Å². The maximum Gasteiger partial charge on any atom is 0.342 e. The number of nitrogens with zero attached hydrogens (tertiary/aromatic N) is 2. The summed E-state index contributed by atoms with van der Waals surface area (Å²) in [6, 6.07) is 9.77. The molecule has 28 heavy (non-hydrogen) atoms. The Morgan fingerprint density at radius 3 is 2.57 bits per heavy atom. The van der Waals surface area contributed by atoms with Gasteiger partial charge in [-0.15, -0.1) is 0 Å². The molecular formula is C19H17ClFN3O4. The van der Waals surface area contributed by atoms with E-state index < -0.39 is 24.3 Å². The molecule has 146 valence electrons. The van der Waals surface area contributed by atoms with E-state index in [0.717, 1.165) is 0 Å². The highest BCUT2D eigenvalue weighted by molar-refractivity contribution is 6.33. The topological polar surface area (TPSA) is 106 Å².